The standard InChI is InChI=1S/C16H18F3NO4/c1-15(2)12(16(17,18)19)6-7-20(15)14(23)10-4-3-5-11(8-10)24-9-13(21)22/h3-5,8,12H,6-7,9H2,1-2H3,(H,21,22). The lowest BCUT2D eigenvalue weighted by atomic mass is 9.87. The fourth-order valence-electron chi connectivity index (χ4n) is 3.03. The summed E-state index contributed by atoms with van der Waals surface area (Å²) in [5.41, 5.74) is -1.19. The maximum Gasteiger partial charge on any atom is 0.394 e. The Morgan fingerprint density at radius 3 is 2.58 bits per heavy atom. The molecule has 1 atom stereocenters. The zero-order valence-corrected chi connectivity index (χ0v) is 13.3. The van der Waals surface area contributed by atoms with E-state index in [-0.39, 0.29) is 24.3 Å². The summed E-state index contributed by atoms with van der Waals surface area (Å²) >= 11 is 0. The lowest BCUT2D eigenvalue weighted by Crippen LogP contribution is -2.49. The molecule has 5 nitrogen and oxygen atoms in total. The third kappa shape index (κ3) is 3.63. The van der Waals surface area contributed by atoms with E-state index in [9.17, 15) is 22.8 Å². The number of halogens is 3. The number of ether oxygens (including phenoxy) is 1. The largest absolute Gasteiger partial charge is 0.482 e. The van der Waals surface area contributed by atoms with Crippen molar-refractivity contribution in [2.75, 3.05) is 13.2 Å². The molecule has 1 unspecified atom stereocenters. The molecule has 1 aliphatic rings. The second kappa shape index (κ2) is 6.33. The molecule has 1 fully saturated rings. The number of nitrogens with zero attached hydrogens (tertiary/aromatic N) is 1. The average Bonchev–Trinajstić information content (AvgIpc) is 2.79. The Kier molecular flexibility index (Phi) is 4.77. The maximum atomic E-state index is 13.1. The van der Waals surface area contributed by atoms with Crippen molar-refractivity contribution in [3.63, 3.8) is 0 Å². The predicted octanol–water partition coefficient (Wildman–Crippen LogP) is 2.95. The van der Waals surface area contributed by atoms with Gasteiger partial charge >= 0.3 is 12.1 Å². The molecule has 1 saturated heterocycles. The van der Waals surface area contributed by atoms with Crippen LogP contribution in [-0.4, -0.2) is 46.7 Å². The predicted molar refractivity (Wildman–Crippen MR) is 78.9 cm³/mol. The summed E-state index contributed by atoms with van der Waals surface area (Å²) in [6, 6.07) is 5.78. The number of carboxylic acid groups (broad SMARTS) is 1. The number of carboxylic acids is 1. The second-order valence-corrected chi connectivity index (χ2v) is 6.20. The molecule has 1 N–H and O–H groups in total. The molecular formula is C16H18F3NO4. The molecule has 2 rings (SSSR count). The van der Waals surface area contributed by atoms with E-state index in [1.807, 2.05) is 0 Å². The molecule has 1 aromatic rings. The SMILES string of the molecule is CC1(C)C(C(F)(F)F)CCN1C(=O)c1cccc(OCC(=O)O)c1. The second-order valence-electron chi connectivity index (χ2n) is 6.20. The average molecular weight is 345 g/mol. The summed E-state index contributed by atoms with van der Waals surface area (Å²) in [6.07, 6.45) is -4.51. The van der Waals surface area contributed by atoms with Crippen LogP contribution in [0.1, 0.15) is 30.6 Å². The number of carbonyl (C=O) groups is 2. The minimum absolute atomic E-state index is 0.0101. The summed E-state index contributed by atoms with van der Waals surface area (Å²) in [5.74, 6) is -3.11. The molecule has 8 heteroatoms. The molecular weight excluding hydrogens is 327 g/mol. The van der Waals surface area contributed by atoms with Gasteiger partial charge in [0.15, 0.2) is 6.61 Å². The zero-order valence-electron chi connectivity index (χ0n) is 13.3. The summed E-state index contributed by atoms with van der Waals surface area (Å²) in [7, 11) is 0. The number of hydrogen-bond acceptors (Lipinski definition) is 3. The first-order chi connectivity index (χ1) is 11.0. The number of likely N-dealkylation sites (tertiary alicyclic amines) is 1. The van der Waals surface area contributed by atoms with Gasteiger partial charge in [0.05, 0.1) is 5.92 Å². The summed E-state index contributed by atoms with van der Waals surface area (Å²) < 4.78 is 44.4. The number of carbonyl (C=O) groups excluding carboxylic acids is 1. The van der Waals surface area contributed by atoms with Crippen LogP contribution in [0.15, 0.2) is 24.3 Å². The van der Waals surface area contributed by atoms with E-state index >= 15 is 0 Å². The fourth-order valence-corrected chi connectivity index (χ4v) is 3.03. The van der Waals surface area contributed by atoms with E-state index in [0.717, 1.165) is 0 Å². The van der Waals surface area contributed by atoms with Crippen molar-refractivity contribution in [2.24, 2.45) is 5.92 Å². The summed E-state index contributed by atoms with van der Waals surface area (Å²) in [6.45, 7) is 2.25. The van der Waals surface area contributed by atoms with Gasteiger partial charge in [0, 0.05) is 17.6 Å². The lowest BCUT2D eigenvalue weighted by Gasteiger charge is -2.36. The zero-order chi connectivity index (χ0) is 18.1. The van der Waals surface area contributed by atoms with Gasteiger partial charge in [-0.2, -0.15) is 13.2 Å². The van der Waals surface area contributed by atoms with Crippen LogP contribution >= 0.6 is 0 Å². The highest BCUT2D eigenvalue weighted by Crippen LogP contribution is 2.45. The van der Waals surface area contributed by atoms with Crippen LogP contribution < -0.4 is 4.74 Å². The number of aliphatic carboxylic acids is 1. The van der Waals surface area contributed by atoms with Crippen LogP contribution in [0.2, 0.25) is 0 Å². The number of benzene rings is 1. The molecule has 1 aromatic carbocycles. The minimum atomic E-state index is -4.37. The maximum absolute atomic E-state index is 13.1. The smallest absolute Gasteiger partial charge is 0.394 e. The first-order valence-corrected chi connectivity index (χ1v) is 7.37. The first kappa shape index (κ1) is 18.1. The molecule has 1 amide bonds. The van der Waals surface area contributed by atoms with Crippen molar-refractivity contribution in [3.8, 4) is 5.75 Å². The van der Waals surface area contributed by atoms with Crippen LogP contribution in [0, 0.1) is 5.92 Å². The minimum Gasteiger partial charge on any atom is -0.482 e. The van der Waals surface area contributed by atoms with Gasteiger partial charge in [-0.15, -0.1) is 0 Å². The summed E-state index contributed by atoms with van der Waals surface area (Å²) in [5, 5.41) is 8.59. The number of amides is 1. The van der Waals surface area contributed by atoms with Crippen molar-refractivity contribution < 1.29 is 32.6 Å². The van der Waals surface area contributed by atoms with Crippen molar-refractivity contribution in [1.82, 2.24) is 4.90 Å². The van der Waals surface area contributed by atoms with Crippen molar-refractivity contribution in [2.45, 2.75) is 32.0 Å². The Balaban J connectivity index is 2.20. The topological polar surface area (TPSA) is 66.8 Å². The Morgan fingerprint density at radius 1 is 1.38 bits per heavy atom. The molecule has 24 heavy (non-hydrogen) atoms. The van der Waals surface area contributed by atoms with Gasteiger partial charge in [0.2, 0.25) is 0 Å². The number of rotatable bonds is 4. The Labute approximate surface area is 137 Å². The van der Waals surface area contributed by atoms with E-state index < -0.39 is 36.1 Å². The van der Waals surface area contributed by atoms with Gasteiger partial charge in [-0.3, -0.25) is 4.79 Å². The highest BCUT2D eigenvalue weighted by Gasteiger charge is 2.56. The molecule has 0 spiro atoms. The number of hydrogen-bond donors (Lipinski definition) is 1. The summed E-state index contributed by atoms with van der Waals surface area (Å²) in [4.78, 5) is 24.3. The highest BCUT2D eigenvalue weighted by molar-refractivity contribution is 5.95. The molecule has 0 radical (unpaired) electrons. The Bertz CT molecular complexity index is 642. The fraction of sp³-hybridized carbons (Fsp3) is 0.500. The van der Waals surface area contributed by atoms with Gasteiger partial charge in [-0.1, -0.05) is 6.07 Å². The molecule has 132 valence electrons. The van der Waals surface area contributed by atoms with Crippen LogP contribution in [0.5, 0.6) is 5.75 Å². The normalized spacial score (nSPS) is 20.0. The van der Waals surface area contributed by atoms with Crippen molar-refractivity contribution >= 4 is 11.9 Å². The molecule has 0 saturated carbocycles. The van der Waals surface area contributed by atoms with E-state index in [2.05, 4.69) is 0 Å². The van der Waals surface area contributed by atoms with Gasteiger partial charge < -0.3 is 14.7 Å². The quantitative estimate of drug-likeness (QED) is 0.911. The third-order valence-electron chi connectivity index (χ3n) is 4.27. The van der Waals surface area contributed by atoms with E-state index in [1.165, 1.54) is 43.0 Å². The van der Waals surface area contributed by atoms with Crippen LogP contribution in [-0.2, 0) is 4.79 Å². The molecule has 0 bridgehead atoms. The van der Waals surface area contributed by atoms with Gasteiger partial charge in [0.25, 0.3) is 5.91 Å². The van der Waals surface area contributed by atoms with Crippen LogP contribution in [0.3, 0.4) is 0 Å². The molecule has 0 aromatic heterocycles. The lowest BCUT2D eigenvalue weighted by molar-refractivity contribution is -0.189. The molecule has 1 aliphatic heterocycles. The van der Waals surface area contributed by atoms with Gasteiger partial charge in [0.1, 0.15) is 5.75 Å². The van der Waals surface area contributed by atoms with E-state index in [0.29, 0.717) is 0 Å². The molecule has 0 aliphatic carbocycles. The van der Waals surface area contributed by atoms with Gasteiger partial charge in [-0.05, 0) is 38.5 Å². The van der Waals surface area contributed by atoms with Crippen LogP contribution in [0.25, 0.3) is 0 Å². The highest BCUT2D eigenvalue weighted by atomic mass is 19.4. The first-order valence-electron chi connectivity index (χ1n) is 7.37. The van der Waals surface area contributed by atoms with Crippen molar-refractivity contribution in [3.05, 3.63) is 29.8 Å². The van der Waals surface area contributed by atoms with E-state index in [4.69, 9.17) is 9.84 Å². The van der Waals surface area contributed by atoms with Crippen LogP contribution in [0.4, 0.5) is 13.2 Å². The molecule has 1 heterocycles. The van der Waals surface area contributed by atoms with Crippen molar-refractivity contribution in [1.29, 1.82) is 0 Å². The number of alkyl halides is 3. The third-order valence-corrected chi connectivity index (χ3v) is 4.27. The van der Waals surface area contributed by atoms with E-state index in [1.54, 1.807) is 0 Å². The Hall–Kier alpha value is -2.25. The monoisotopic (exact) mass is 345 g/mol. The van der Waals surface area contributed by atoms with Gasteiger partial charge in [-0.25, -0.2) is 4.79 Å². The Morgan fingerprint density at radius 2 is 2.04 bits per heavy atom.